The Kier molecular flexibility index (Phi) is 4.04. The minimum Gasteiger partial charge on any atom is -0.336 e. The molecule has 5 nitrogen and oxygen atoms in total. The molecule has 5 heteroatoms. The third kappa shape index (κ3) is 3.24. The Labute approximate surface area is 113 Å². The lowest BCUT2D eigenvalue weighted by Gasteiger charge is -2.34. The predicted octanol–water partition coefficient (Wildman–Crippen LogP) is 1.45. The molecule has 1 aliphatic heterocycles. The number of hydrogen-bond acceptors (Lipinski definition) is 2. The Morgan fingerprint density at radius 2 is 1.89 bits per heavy atom. The van der Waals surface area contributed by atoms with Gasteiger partial charge in [-0.1, -0.05) is 18.2 Å². The van der Waals surface area contributed by atoms with Crippen molar-refractivity contribution in [3.8, 4) is 0 Å². The molecular weight excluding hydrogens is 242 g/mol. The molecule has 1 aromatic carbocycles. The molecule has 1 fully saturated rings. The predicted molar refractivity (Wildman–Crippen MR) is 74.0 cm³/mol. The molecule has 0 radical (unpaired) electrons. The average Bonchev–Trinajstić information content (AvgIpc) is 2.38. The molecule has 19 heavy (non-hydrogen) atoms. The summed E-state index contributed by atoms with van der Waals surface area (Å²) in [6.07, 6.45) is 0. The number of nitrogens with one attached hydrogen (secondary N) is 1. The molecule has 1 aromatic rings. The van der Waals surface area contributed by atoms with E-state index in [0.29, 0.717) is 13.1 Å². The first-order valence-corrected chi connectivity index (χ1v) is 6.49. The van der Waals surface area contributed by atoms with E-state index in [1.807, 2.05) is 44.2 Å². The summed E-state index contributed by atoms with van der Waals surface area (Å²) in [5.74, 6) is -0.0450. The monoisotopic (exact) mass is 261 g/mol. The fourth-order valence-corrected chi connectivity index (χ4v) is 2.07. The van der Waals surface area contributed by atoms with Gasteiger partial charge in [0, 0.05) is 24.8 Å². The number of piperazine rings is 1. The number of rotatable bonds is 2. The van der Waals surface area contributed by atoms with Crippen LogP contribution in [-0.4, -0.2) is 42.5 Å². The molecule has 0 atom stereocenters. The van der Waals surface area contributed by atoms with Crippen LogP contribution in [0.15, 0.2) is 30.3 Å². The zero-order valence-electron chi connectivity index (χ0n) is 11.3. The standard InChI is InChI=1S/C14H19N3O2/c1-11(2)15-14(19)16-8-9-17(13(18)10-16)12-6-4-3-5-7-12/h3-7,11H,8-10H2,1-2H3,(H,15,19). The first-order chi connectivity index (χ1) is 9.08. The molecule has 0 unspecified atom stereocenters. The van der Waals surface area contributed by atoms with Crippen LogP contribution in [-0.2, 0) is 4.79 Å². The molecule has 1 saturated heterocycles. The smallest absolute Gasteiger partial charge is 0.318 e. The molecule has 0 saturated carbocycles. The summed E-state index contributed by atoms with van der Waals surface area (Å²) in [6.45, 7) is 5.03. The van der Waals surface area contributed by atoms with Crippen molar-refractivity contribution in [2.24, 2.45) is 0 Å². The second-order valence-electron chi connectivity index (χ2n) is 4.91. The van der Waals surface area contributed by atoms with Crippen molar-refractivity contribution in [3.05, 3.63) is 30.3 Å². The third-order valence-corrected chi connectivity index (χ3v) is 2.99. The van der Waals surface area contributed by atoms with Gasteiger partial charge in [0.1, 0.15) is 6.54 Å². The van der Waals surface area contributed by atoms with E-state index in [2.05, 4.69) is 5.32 Å². The van der Waals surface area contributed by atoms with Gasteiger partial charge in [-0.3, -0.25) is 4.79 Å². The maximum Gasteiger partial charge on any atom is 0.318 e. The number of para-hydroxylation sites is 1. The van der Waals surface area contributed by atoms with Gasteiger partial charge in [0.2, 0.25) is 5.91 Å². The highest BCUT2D eigenvalue weighted by atomic mass is 16.2. The van der Waals surface area contributed by atoms with E-state index in [4.69, 9.17) is 0 Å². The Balaban J connectivity index is 1.99. The quantitative estimate of drug-likeness (QED) is 0.876. The largest absolute Gasteiger partial charge is 0.336 e. The van der Waals surface area contributed by atoms with E-state index in [-0.39, 0.29) is 24.5 Å². The van der Waals surface area contributed by atoms with Gasteiger partial charge in [0.15, 0.2) is 0 Å². The van der Waals surface area contributed by atoms with Crippen molar-refractivity contribution < 1.29 is 9.59 Å². The van der Waals surface area contributed by atoms with Crippen LogP contribution >= 0.6 is 0 Å². The number of urea groups is 1. The molecule has 2 rings (SSSR count). The molecule has 1 heterocycles. The summed E-state index contributed by atoms with van der Waals surface area (Å²) in [4.78, 5) is 27.2. The van der Waals surface area contributed by atoms with E-state index in [1.54, 1.807) is 9.80 Å². The summed E-state index contributed by atoms with van der Waals surface area (Å²) in [5.41, 5.74) is 0.886. The van der Waals surface area contributed by atoms with E-state index in [0.717, 1.165) is 5.69 Å². The van der Waals surface area contributed by atoms with Gasteiger partial charge >= 0.3 is 6.03 Å². The fourth-order valence-electron chi connectivity index (χ4n) is 2.07. The summed E-state index contributed by atoms with van der Waals surface area (Å²) in [7, 11) is 0. The van der Waals surface area contributed by atoms with Crippen molar-refractivity contribution in [1.29, 1.82) is 0 Å². The number of carbonyl (C=O) groups is 2. The second-order valence-corrected chi connectivity index (χ2v) is 4.91. The maximum atomic E-state index is 12.1. The number of amides is 3. The van der Waals surface area contributed by atoms with Gasteiger partial charge in [-0.05, 0) is 26.0 Å². The first kappa shape index (κ1) is 13.4. The topological polar surface area (TPSA) is 52.7 Å². The number of anilines is 1. The highest BCUT2D eigenvalue weighted by Gasteiger charge is 2.27. The number of carbonyl (C=O) groups excluding carboxylic acids is 2. The summed E-state index contributed by atoms with van der Waals surface area (Å²) < 4.78 is 0. The normalized spacial score (nSPS) is 15.8. The Bertz CT molecular complexity index is 459. The zero-order chi connectivity index (χ0) is 13.8. The molecule has 1 aliphatic rings. The van der Waals surface area contributed by atoms with E-state index < -0.39 is 0 Å². The molecule has 0 aromatic heterocycles. The van der Waals surface area contributed by atoms with Gasteiger partial charge in [-0.15, -0.1) is 0 Å². The average molecular weight is 261 g/mol. The van der Waals surface area contributed by atoms with Crippen molar-refractivity contribution >= 4 is 17.6 Å². The van der Waals surface area contributed by atoms with Crippen molar-refractivity contribution in [2.75, 3.05) is 24.5 Å². The molecule has 1 N–H and O–H groups in total. The summed E-state index contributed by atoms with van der Waals surface area (Å²) in [6, 6.07) is 9.44. The zero-order valence-corrected chi connectivity index (χ0v) is 11.3. The third-order valence-electron chi connectivity index (χ3n) is 2.99. The molecule has 0 aliphatic carbocycles. The lowest BCUT2D eigenvalue weighted by molar-refractivity contribution is -0.120. The Morgan fingerprint density at radius 1 is 1.21 bits per heavy atom. The van der Waals surface area contributed by atoms with Crippen molar-refractivity contribution in [1.82, 2.24) is 10.2 Å². The molecule has 3 amide bonds. The van der Waals surface area contributed by atoms with E-state index in [1.165, 1.54) is 0 Å². The number of benzene rings is 1. The molecule has 0 bridgehead atoms. The number of nitrogens with zero attached hydrogens (tertiary/aromatic N) is 2. The lowest BCUT2D eigenvalue weighted by atomic mass is 10.2. The van der Waals surface area contributed by atoms with Crippen LogP contribution in [0.5, 0.6) is 0 Å². The molecule has 0 spiro atoms. The molecule has 102 valence electrons. The van der Waals surface area contributed by atoms with Crippen LogP contribution in [0.25, 0.3) is 0 Å². The number of hydrogen-bond donors (Lipinski definition) is 1. The summed E-state index contributed by atoms with van der Waals surface area (Å²) >= 11 is 0. The fraction of sp³-hybridized carbons (Fsp3) is 0.429. The molecular formula is C14H19N3O2. The second kappa shape index (κ2) is 5.73. The SMILES string of the molecule is CC(C)NC(=O)N1CCN(c2ccccc2)C(=O)C1. The highest BCUT2D eigenvalue weighted by Crippen LogP contribution is 2.16. The first-order valence-electron chi connectivity index (χ1n) is 6.49. The Morgan fingerprint density at radius 3 is 2.47 bits per heavy atom. The van der Waals surface area contributed by atoms with Crippen LogP contribution in [0.2, 0.25) is 0 Å². The Hall–Kier alpha value is -2.04. The van der Waals surface area contributed by atoms with Gasteiger partial charge in [0.05, 0.1) is 0 Å². The van der Waals surface area contributed by atoms with Crippen molar-refractivity contribution in [3.63, 3.8) is 0 Å². The van der Waals surface area contributed by atoms with E-state index in [9.17, 15) is 9.59 Å². The van der Waals surface area contributed by atoms with Crippen LogP contribution in [0.1, 0.15) is 13.8 Å². The maximum absolute atomic E-state index is 12.1. The minimum atomic E-state index is -0.170. The van der Waals surface area contributed by atoms with Gasteiger partial charge < -0.3 is 15.1 Å². The van der Waals surface area contributed by atoms with Gasteiger partial charge in [-0.25, -0.2) is 4.79 Å². The van der Waals surface area contributed by atoms with Crippen LogP contribution in [0.4, 0.5) is 10.5 Å². The summed E-state index contributed by atoms with van der Waals surface area (Å²) in [5, 5.41) is 2.80. The van der Waals surface area contributed by atoms with Crippen LogP contribution < -0.4 is 10.2 Å². The van der Waals surface area contributed by atoms with Gasteiger partial charge in [0.25, 0.3) is 0 Å². The van der Waals surface area contributed by atoms with Crippen LogP contribution in [0.3, 0.4) is 0 Å². The highest BCUT2D eigenvalue weighted by molar-refractivity contribution is 5.97. The lowest BCUT2D eigenvalue weighted by Crippen LogP contribution is -2.55. The minimum absolute atomic E-state index is 0.0450. The van der Waals surface area contributed by atoms with Gasteiger partial charge in [-0.2, -0.15) is 0 Å². The van der Waals surface area contributed by atoms with Crippen LogP contribution in [0, 0.1) is 0 Å². The van der Waals surface area contributed by atoms with E-state index >= 15 is 0 Å². The van der Waals surface area contributed by atoms with Crippen molar-refractivity contribution in [2.45, 2.75) is 19.9 Å².